The van der Waals surface area contributed by atoms with E-state index >= 15 is 0 Å². The van der Waals surface area contributed by atoms with E-state index in [-0.39, 0.29) is 24.0 Å². The highest BCUT2D eigenvalue weighted by molar-refractivity contribution is 6.16. The van der Waals surface area contributed by atoms with Gasteiger partial charge >= 0.3 is 6.01 Å². The number of hydrogen-bond donors (Lipinski definition) is 1. The lowest BCUT2D eigenvalue weighted by atomic mass is 9.99. The Balaban J connectivity index is 1.38. The molecule has 218 valence electrons. The smallest absolute Gasteiger partial charge is 0.318 e. The highest BCUT2D eigenvalue weighted by Crippen LogP contribution is 2.41. The number of fused-ring (bicyclic) bond motifs is 2. The number of halogens is 1. The molecule has 4 heterocycles. The van der Waals surface area contributed by atoms with Gasteiger partial charge in [0.2, 0.25) is 0 Å². The van der Waals surface area contributed by atoms with E-state index in [2.05, 4.69) is 16.7 Å². The van der Waals surface area contributed by atoms with Crippen molar-refractivity contribution in [3.8, 4) is 11.8 Å². The van der Waals surface area contributed by atoms with E-state index in [1.165, 1.54) is 6.07 Å². The van der Waals surface area contributed by atoms with Crippen molar-refractivity contribution in [3.05, 3.63) is 46.9 Å². The summed E-state index contributed by atoms with van der Waals surface area (Å²) in [6, 6.07) is 6.56. The van der Waals surface area contributed by atoms with Crippen LogP contribution in [-0.4, -0.2) is 65.2 Å². The maximum absolute atomic E-state index is 14.9. The number of rotatable bonds is 7. The number of carbonyl (C=O) groups is 1. The van der Waals surface area contributed by atoms with Crippen LogP contribution in [0.4, 0.5) is 15.9 Å². The zero-order chi connectivity index (χ0) is 28.5. The molecule has 0 unspecified atom stereocenters. The minimum atomic E-state index is -0.318. The summed E-state index contributed by atoms with van der Waals surface area (Å²) in [5.74, 6) is 0.531. The summed E-state index contributed by atoms with van der Waals surface area (Å²) >= 11 is 0. The first-order valence-corrected chi connectivity index (χ1v) is 15.2. The van der Waals surface area contributed by atoms with Crippen LogP contribution in [0.1, 0.15) is 74.0 Å². The Morgan fingerprint density at radius 3 is 2.61 bits per heavy atom. The van der Waals surface area contributed by atoms with Crippen LogP contribution < -0.4 is 14.5 Å². The van der Waals surface area contributed by atoms with Crippen molar-refractivity contribution in [2.75, 3.05) is 49.1 Å². The number of nitrogens with zero attached hydrogens (tertiary/aromatic N) is 5. The zero-order valence-corrected chi connectivity index (χ0v) is 24.2. The van der Waals surface area contributed by atoms with Gasteiger partial charge in [0.25, 0.3) is 5.91 Å². The molecule has 1 aromatic heterocycles. The Hall–Kier alpha value is -3.46. The topological polar surface area (TPSA) is 82.0 Å². The van der Waals surface area contributed by atoms with Crippen LogP contribution in [-0.2, 0) is 13.0 Å². The van der Waals surface area contributed by atoms with E-state index in [1.807, 2.05) is 6.92 Å². The summed E-state index contributed by atoms with van der Waals surface area (Å²) in [4.78, 5) is 30.1. The van der Waals surface area contributed by atoms with Gasteiger partial charge in [-0.2, -0.15) is 9.97 Å². The molecule has 3 aliphatic rings. The van der Waals surface area contributed by atoms with Gasteiger partial charge < -0.3 is 24.5 Å². The molecule has 1 atom stereocenters. The Kier molecular flexibility index (Phi) is 7.97. The van der Waals surface area contributed by atoms with Crippen LogP contribution in [0.15, 0.2) is 24.3 Å². The number of hydrogen-bond acceptors (Lipinski definition) is 7. The van der Waals surface area contributed by atoms with Crippen molar-refractivity contribution in [1.82, 2.24) is 14.9 Å². The van der Waals surface area contributed by atoms with Gasteiger partial charge in [-0.25, -0.2) is 4.39 Å². The predicted octanol–water partition coefficient (Wildman–Crippen LogP) is 5.69. The third-order valence-electron chi connectivity index (χ3n) is 8.89. The van der Waals surface area contributed by atoms with Gasteiger partial charge in [-0.3, -0.25) is 4.79 Å². The van der Waals surface area contributed by atoms with E-state index in [9.17, 15) is 14.3 Å². The summed E-state index contributed by atoms with van der Waals surface area (Å²) in [5, 5.41) is 11.9. The average molecular weight is 562 g/mol. The molecule has 0 spiro atoms. The van der Waals surface area contributed by atoms with Gasteiger partial charge in [0.15, 0.2) is 0 Å². The number of amides is 1. The number of carbonyl (C=O) groups excluding carboxylic acids is 1. The van der Waals surface area contributed by atoms with Crippen LogP contribution in [0, 0.1) is 11.7 Å². The van der Waals surface area contributed by atoms with Gasteiger partial charge in [-0.05, 0) is 68.3 Å². The lowest BCUT2D eigenvalue weighted by Gasteiger charge is -2.31. The van der Waals surface area contributed by atoms with Crippen LogP contribution in [0.2, 0.25) is 0 Å². The Morgan fingerprint density at radius 2 is 1.85 bits per heavy atom. The molecule has 3 aromatic rings. The molecule has 6 rings (SSSR count). The van der Waals surface area contributed by atoms with Crippen LogP contribution in [0.3, 0.4) is 0 Å². The second-order valence-corrected chi connectivity index (χ2v) is 11.6. The average Bonchev–Trinajstić information content (AvgIpc) is 3.13. The Morgan fingerprint density at radius 1 is 1.05 bits per heavy atom. The summed E-state index contributed by atoms with van der Waals surface area (Å²) in [7, 11) is 0. The monoisotopic (exact) mass is 561 g/mol. The second-order valence-electron chi connectivity index (χ2n) is 11.6. The number of phenols is 1. The second kappa shape index (κ2) is 11.8. The van der Waals surface area contributed by atoms with Crippen molar-refractivity contribution in [2.24, 2.45) is 5.92 Å². The number of phenolic OH excluding ortho intramolecular Hbond substituents is 1. The molecule has 3 aliphatic heterocycles. The van der Waals surface area contributed by atoms with Crippen molar-refractivity contribution in [3.63, 3.8) is 0 Å². The van der Waals surface area contributed by atoms with Crippen LogP contribution >= 0.6 is 0 Å². The molecule has 0 aliphatic carbocycles. The Bertz CT molecular complexity index is 1440. The van der Waals surface area contributed by atoms with Gasteiger partial charge in [-0.15, -0.1) is 0 Å². The first kappa shape index (κ1) is 27.7. The molecule has 8 nitrogen and oxygen atoms in total. The minimum Gasteiger partial charge on any atom is -0.508 e. The van der Waals surface area contributed by atoms with Crippen LogP contribution in [0.25, 0.3) is 10.8 Å². The van der Waals surface area contributed by atoms with Crippen molar-refractivity contribution in [2.45, 2.75) is 65.3 Å². The third-order valence-corrected chi connectivity index (χ3v) is 8.89. The first-order valence-electron chi connectivity index (χ1n) is 15.2. The number of aryl methyl sites for hydroxylation is 1. The molecular weight excluding hydrogens is 521 g/mol. The molecule has 0 radical (unpaired) electrons. The molecule has 41 heavy (non-hydrogen) atoms. The Labute approximate surface area is 241 Å². The maximum atomic E-state index is 14.9. The van der Waals surface area contributed by atoms with Gasteiger partial charge in [-0.1, -0.05) is 32.8 Å². The fourth-order valence-corrected chi connectivity index (χ4v) is 6.73. The summed E-state index contributed by atoms with van der Waals surface area (Å²) in [6.07, 6.45) is 7.13. The molecule has 1 amide bonds. The highest BCUT2D eigenvalue weighted by atomic mass is 19.1. The highest BCUT2D eigenvalue weighted by Gasteiger charge is 2.37. The maximum Gasteiger partial charge on any atom is 0.318 e. The van der Waals surface area contributed by atoms with E-state index in [0.29, 0.717) is 64.1 Å². The largest absolute Gasteiger partial charge is 0.508 e. The number of ether oxygens (including phenoxy) is 1. The van der Waals surface area contributed by atoms with E-state index in [1.54, 1.807) is 23.1 Å². The number of benzene rings is 2. The molecular formula is C32H40FN5O3. The summed E-state index contributed by atoms with van der Waals surface area (Å²) in [5.41, 5.74) is 2.12. The molecule has 2 aromatic carbocycles. The lowest BCUT2D eigenvalue weighted by Crippen LogP contribution is -2.37. The molecule has 0 saturated carbocycles. The zero-order valence-electron chi connectivity index (χ0n) is 24.2. The minimum absolute atomic E-state index is 0.0290. The van der Waals surface area contributed by atoms with Crippen molar-refractivity contribution < 1.29 is 19.0 Å². The van der Waals surface area contributed by atoms with Gasteiger partial charge in [0, 0.05) is 37.0 Å². The summed E-state index contributed by atoms with van der Waals surface area (Å²) in [6.45, 7) is 9.66. The standard InChI is InChI=1S/C32H40FN5O3/c1-3-24-25(33)12-11-22-16-23(39)17-27(28(22)24)38-19-26-29(31(38)40)30(37-14-7-5-6-8-15-37)35-32(34-26)41-20-21-10-9-13-36(4-2)18-21/h11-12,16-17,21,39H,3-10,13-15,18-20H2,1-2H3/t21-/m0/s1. The van der Waals surface area contributed by atoms with Crippen molar-refractivity contribution >= 4 is 28.2 Å². The molecule has 2 fully saturated rings. The number of piperidine rings is 1. The first-order chi connectivity index (χ1) is 20.0. The van der Waals surface area contributed by atoms with E-state index < -0.39 is 0 Å². The van der Waals surface area contributed by atoms with Gasteiger partial charge in [0.05, 0.1) is 24.5 Å². The fourth-order valence-electron chi connectivity index (χ4n) is 6.73. The predicted molar refractivity (Wildman–Crippen MR) is 159 cm³/mol. The van der Waals surface area contributed by atoms with Crippen molar-refractivity contribution in [1.29, 1.82) is 0 Å². The third kappa shape index (κ3) is 5.44. The summed E-state index contributed by atoms with van der Waals surface area (Å²) < 4.78 is 21.2. The molecule has 9 heteroatoms. The quantitative estimate of drug-likeness (QED) is 0.397. The number of anilines is 2. The SMILES string of the molecule is CCc1c(F)ccc2cc(O)cc(N3Cc4nc(OC[C@H]5CCCN(CC)C5)nc(N5CCCCCC5)c4C3=O)c12. The molecule has 1 N–H and O–H groups in total. The molecule has 2 saturated heterocycles. The van der Waals surface area contributed by atoms with Gasteiger partial charge in [0.1, 0.15) is 22.9 Å². The van der Waals surface area contributed by atoms with E-state index in [0.717, 1.165) is 71.2 Å². The lowest BCUT2D eigenvalue weighted by molar-refractivity contribution is 0.0997. The molecule has 0 bridgehead atoms. The number of likely N-dealkylation sites (tertiary alicyclic amines) is 1. The normalized spacial score (nSPS) is 20.0. The van der Waals surface area contributed by atoms with Crippen LogP contribution in [0.5, 0.6) is 11.8 Å². The number of aromatic hydroxyl groups is 1. The number of aromatic nitrogens is 2. The van der Waals surface area contributed by atoms with E-state index in [4.69, 9.17) is 14.7 Å². The fraction of sp³-hybridized carbons (Fsp3) is 0.531.